The van der Waals surface area contributed by atoms with Crippen molar-refractivity contribution in [3.8, 4) is 5.75 Å². The molecule has 0 radical (unpaired) electrons. The summed E-state index contributed by atoms with van der Waals surface area (Å²) >= 11 is 4.71. The number of amides is 1. The number of halogens is 1. The summed E-state index contributed by atoms with van der Waals surface area (Å²) in [5.74, 6) is -0.247. The molecule has 8 nitrogen and oxygen atoms in total. The van der Waals surface area contributed by atoms with Gasteiger partial charge >= 0.3 is 5.97 Å². The quantitative estimate of drug-likeness (QED) is 0.362. The van der Waals surface area contributed by atoms with E-state index < -0.39 is 17.6 Å². The van der Waals surface area contributed by atoms with Crippen molar-refractivity contribution in [3.05, 3.63) is 89.0 Å². The highest BCUT2D eigenvalue weighted by Crippen LogP contribution is 2.39. The molecule has 0 fully saturated rings. The minimum absolute atomic E-state index is 0.0971. The van der Waals surface area contributed by atoms with Crippen LogP contribution in [-0.2, 0) is 14.3 Å². The first kappa shape index (κ1) is 28.0. The van der Waals surface area contributed by atoms with E-state index in [1.165, 1.54) is 15.9 Å². The number of benzene rings is 2. The number of ether oxygens (including phenoxy) is 2. The maximum atomic E-state index is 14.4. The van der Waals surface area contributed by atoms with Gasteiger partial charge in [-0.15, -0.1) is 0 Å². The van der Waals surface area contributed by atoms with E-state index in [4.69, 9.17) is 14.5 Å². The van der Waals surface area contributed by atoms with Gasteiger partial charge in [0.05, 0.1) is 36.2 Å². The van der Waals surface area contributed by atoms with Crippen molar-refractivity contribution in [2.75, 3.05) is 18.6 Å². The molecule has 0 saturated carbocycles. The van der Waals surface area contributed by atoms with Crippen LogP contribution in [0.1, 0.15) is 57.7 Å². The molecule has 1 atom stereocenters. The number of methoxy groups -OCH3 is 1. The van der Waals surface area contributed by atoms with E-state index in [2.05, 4.69) is 15.9 Å². The maximum Gasteiger partial charge on any atom is 0.338 e. The van der Waals surface area contributed by atoms with Crippen molar-refractivity contribution >= 4 is 50.4 Å². The highest BCUT2D eigenvalue weighted by molar-refractivity contribution is 9.10. The first-order valence-electron chi connectivity index (χ1n) is 13.2. The van der Waals surface area contributed by atoms with Crippen LogP contribution in [0.15, 0.2) is 68.0 Å². The summed E-state index contributed by atoms with van der Waals surface area (Å²) in [4.78, 5) is 48.6. The number of fused-ring (bicyclic) bond motifs is 2. The van der Waals surface area contributed by atoms with Crippen molar-refractivity contribution < 1.29 is 19.1 Å². The van der Waals surface area contributed by atoms with Crippen molar-refractivity contribution in [1.29, 1.82) is 0 Å². The third-order valence-corrected chi connectivity index (χ3v) is 8.51. The summed E-state index contributed by atoms with van der Waals surface area (Å²) in [6, 6.07) is 12.0. The number of rotatable bonds is 7. The number of carbonyl (C=O) groups is 2. The number of carbonyl (C=O) groups excluding carboxylic acids is 2. The smallest absolute Gasteiger partial charge is 0.338 e. The van der Waals surface area contributed by atoms with E-state index in [-0.39, 0.29) is 18.6 Å². The molecule has 0 N–H and O–H groups in total. The van der Waals surface area contributed by atoms with Gasteiger partial charge in [0.1, 0.15) is 16.3 Å². The first-order chi connectivity index (χ1) is 19.2. The molecule has 10 heteroatoms. The average molecular weight is 625 g/mol. The molecule has 2 aromatic carbocycles. The summed E-state index contributed by atoms with van der Waals surface area (Å²) < 4.78 is 13.8. The van der Waals surface area contributed by atoms with Crippen LogP contribution in [0, 0.1) is 0 Å². The van der Waals surface area contributed by atoms with Crippen LogP contribution in [0.5, 0.6) is 5.75 Å². The fourth-order valence-corrected chi connectivity index (χ4v) is 6.85. The normalized spacial score (nSPS) is 17.6. The third-order valence-electron chi connectivity index (χ3n) is 6.96. The Balaban J connectivity index is 1.89. The number of thiazole rings is 1. The Morgan fingerprint density at radius 2 is 1.90 bits per heavy atom. The minimum Gasteiger partial charge on any atom is -0.496 e. The number of hydrogen-bond acceptors (Lipinski definition) is 7. The lowest BCUT2D eigenvalue weighted by Crippen LogP contribution is -2.41. The van der Waals surface area contributed by atoms with Gasteiger partial charge in [-0.1, -0.05) is 58.8 Å². The summed E-state index contributed by atoms with van der Waals surface area (Å²) in [5.41, 5.74) is 2.92. The standard InChI is InChI=1S/C30H30BrN3O5S/c1-6-10-20-24(29(37)39-7-2)25(19-15-17(31)13-14-22(19)38-5)34-28(36)26(40-30(34)32-20)23-18-11-8-9-12-21(18)33(16(3)4)27(23)35/h8-9,11-16,25H,6-7,10H2,1-5H3/b26-23-/t25-/m1/s1. The molecule has 0 unspecified atom stereocenters. The van der Waals surface area contributed by atoms with Gasteiger partial charge in [0.2, 0.25) is 0 Å². The second kappa shape index (κ2) is 11.2. The van der Waals surface area contributed by atoms with E-state index in [1.807, 2.05) is 57.2 Å². The molecular formula is C30H30BrN3O5S. The summed E-state index contributed by atoms with van der Waals surface area (Å²) in [7, 11) is 1.55. The Labute approximate surface area is 244 Å². The molecule has 3 heterocycles. The average Bonchev–Trinajstić information content (AvgIpc) is 3.40. The van der Waals surface area contributed by atoms with Crippen LogP contribution in [0.4, 0.5) is 5.69 Å². The number of esters is 1. The third kappa shape index (κ3) is 4.53. The fourth-order valence-electron chi connectivity index (χ4n) is 5.36. The molecule has 2 aliphatic rings. The Kier molecular flexibility index (Phi) is 7.83. The summed E-state index contributed by atoms with van der Waals surface area (Å²) in [5, 5.41) is 0. The van der Waals surface area contributed by atoms with Gasteiger partial charge in [-0.05, 0) is 51.5 Å². The SMILES string of the molecule is CCCC1=C(C(=O)OCC)[C@@H](c2cc(Br)ccc2OC)n2c(s/c(=C3\C(=O)N(C(C)C)c4ccccc43)c2=O)=N1. The molecule has 1 amide bonds. The van der Waals surface area contributed by atoms with Gasteiger partial charge in [-0.3, -0.25) is 14.2 Å². The first-order valence-corrected chi connectivity index (χ1v) is 14.8. The number of para-hydroxylation sites is 1. The number of aromatic nitrogens is 1. The molecule has 0 bridgehead atoms. The molecule has 3 aromatic rings. The molecule has 0 saturated heterocycles. The van der Waals surface area contributed by atoms with Crippen LogP contribution in [-0.4, -0.2) is 36.2 Å². The van der Waals surface area contributed by atoms with Crippen molar-refractivity contribution in [2.45, 2.75) is 52.6 Å². The van der Waals surface area contributed by atoms with Gasteiger partial charge in [0.25, 0.3) is 11.5 Å². The Morgan fingerprint density at radius 3 is 2.58 bits per heavy atom. The number of nitrogens with zero attached hydrogens (tertiary/aromatic N) is 3. The highest BCUT2D eigenvalue weighted by atomic mass is 79.9. The zero-order valence-corrected chi connectivity index (χ0v) is 25.4. The Hall–Kier alpha value is -3.50. The lowest BCUT2D eigenvalue weighted by molar-refractivity contribution is -0.139. The van der Waals surface area contributed by atoms with Crippen LogP contribution >= 0.6 is 27.3 Å². The van der Waals surface area contributed by atoms with E-state index in [1.54, 1.807) is 25.0 Å². The van der Waals surface area contributed by atoms with E-state index >= 15 is 0 Å². The van der Waals surface area contributed by atoms with E-state index in [9.17, 15) is 14.4 Å². The van der Waals surface area contributed by atoms with E-state index in [0.717, 1.165) is 16.6 Å². The van der Waals surface area contributed by atoms with Gasteiger partial charge in [-0.2, -0.15) is 0 Å². The minimum atomic E-state index is -0.855. The molecule has 2 aliphatic heterocycles. The molecule has 5 rings (SSSR count). The molecular weight excluding hydrogens is 594 g/mol. The van der Waals surface area contributed by atoms with Gasteiger partial charge in [0.15, 0.2) is 4.80 Å². The number of hydrogen-bond donors (Lipinski definition) is 0. The second-order valence-corrected chi connectivity index (χ2v) is 11.7. The maximum absolute atomic E-state index is 14.4. The van der Waals surface area contributed by atoms with E-state index in [0.29, 0.717) is 49.5 Å². The van der Waals surface area contributed by atoms with Gasteiger partial charge in [-0.25, -0.2) is 9.79 Å². The Morgan fingerprint density at radius 1 is 1.15 bits per heavy atom. The van der Waals surface area contributed by atoms with Crippen LogP contribution < -0.4 is 24.5 Å². The van der Waals surface area contributed by atoms with Crippen molar-refractivity contribution in [2.24, 2.45) is 4.99 Å². The zero-order valence-electron chi connectivity index (χ0n) is 23.0. The molecule has 0 spiro atoms. The summed E-state index contributed by atoms with van der Waals surface area (Å²) in [6.45, 7) is 7.82. The lowest BCUT2D eigenvalue weighted by atomic mass is 9.93. The van der Waals surface area contributed by atoms with Crippen LogP contribution in [0.3, 0.4) is 0 Å². The molecule has 208 valence electrons. The Bertz CT molecular complexity index is 1740. The molecule has 40 heavy (non-hydrogen) atoms. The van der Waals surface area contributed by atoms with Gasteiger partial charge in [0, 0.05) is 21.6 Å². The topological polar surface area (TPSA) is 90.2 Å². The highest BCUT2D eigenvalue weighted by Gasteiger charge is 2.39. The fraction of sp³-hybridized carbons (Fsp3) is 0.333. The monoisotopic (exact) mass is 623 g/mol. The molecule has 1 aromatic heterocycles. The zero-order chi connectivity index (χ0) is 28.7. The largest absolute Gasteiger partial charge is 0.496 e. The number of allylic oxidation sites excluding steroid dienone is 1. The van der Waals surface area contributed by atoms with Crippen molar-refractivity contribution in [1.82, 2.24) is 4.57 Å². The van der Waals surface area contributed by atoms with Gasteiger partial charge < -0.3 is 14.4 Å². The summed E-state index contributed by atoms with van der Waals surface area (Å²) in [6.07, 6.45) is 1.25. The van der Waals surface area contributed by atoms with Crippen LogP contribution in [0.2, 0.25) is 0 Å². The predicted molar refractivity (Wildman–Crippen MR) is 158 cm³/mol. The second-order valence-electron chi connectivity index (χ2n) is 9.78. The number of anilines is 1. The predicted octanol–water partition coefficient (Wildman–Crippen LogP) is 4.47. The lowest BCUT2D eigenvalue weighted by Gasteiger charge is -2.27. The van der Waals surface area contributed by atoms with Crippen LogP contribution in [0.25, 0.3) is 5.57 Å². The molecule has 0 aliphatic carbocycles. The van der Waals surface area contributed by atoms with Crippen molar-refractivity contribution in [3.63, 3.8) is 0 Å².